The molecule has 0 bridgehead atoms. The molecule has 3 aliphatic rings. The fraction of sp³-hybridized carbons (Fsp3) is 0.346. The van der Waals surface area contributed by atoms with E-state index in [1.165, 1.54) is 12.1 Å². The summed E-state index contributed by atoms with van der Waals surface area (Å²) in [5.74, 6) is -3.04. The summed E-state index contributed by atoms with van der Waals surface area (Å²) in [5.41, 5.74) is -16.7. The van der Waals surface area contributed by atoms with Gasteiger partial charge in [0.2, 0.25) is 0 Å². The molecule has 2 nitrogen and oxygen atoms in total. The average Bonchev–Trinajstić information content (AvgIpc) is 3.34. The summed E-state index contributed by atoms with van der Waals surface area (Å²) in [6, 6.07) is 0.805. The van der Waals surface area contributed by atoms with Crippen molar-refractivity contribution in [1.82, 2.24) is 0 Å². The highest BCUT2D eigenvalue weighted by Crippen LogP contribution is 2.55. The monoisotopic (exact) mass is 1210 g/mol. The molecule has 5 aromatic carbocycles. The number of hydrogen-bond acceptors (Lipinski definition) is 2. The van der Waals surface area contributed by atoms with Gasteiger partial charge in [-0.25, -0.2) is 0 Å². The van der Waals surface area contributed by atoms with E-state index in [4.69, 9.17) is 9.05 Å². The first kappa shape index (κ1) is 60.5. The number of halogens is 24. The van der Waals surface area contributed by atoms with Gasteiger partial charge in [-0.15, -0.1) is 0 Å². The van der Waals surface area contributed by atoms with Crippen molar-refractivity contribution in [3.63, 3.8) is 0 Å². The lowest BCUT2D eigenvalue weighted by Crippen LogP contribution is -2.27. The van der Waals surface area contributed by atoms with Crippen LogP contribution in [0.25, 0.3) is 5.57 Å². The van der Waals surface area contributed by atoms with Crippen LogP contribution in [-0.4, -0.2) is 0 Å². The highest BCUT2D eigenvalue weighted by atomic mass is 31.1. The second-order valence-electron chi connectivity index (χ2n) is 18.8. The van der Waals surface area contributed by atoms with Crippen LogP contribution in [-0.2, 0) is 66.8 Å². The Morgan fingerprint density at radius 2 is 0.688 bits per heavy atom. The fourth-order valence-corrected chi connectivity index (χ4v) is 13.5. The zero-order valence-electron chi connectivity index (χ0n) is 39.8. The number of fused-ring (bicyclic) bond motifs is 2. The quantitative estimate of drug-likeness (QED) is 0.108. The SMILES string of the molecule is FC(F)(F)c1cc(P(OC2=C(c3c(OP(c4cc(C(F)(F)F)cc(C(F)(F)F)c4)c4cc(C(F)(F)F)cc(C(F)(F)F)c4)ccc4c3CCCC4)C3CCCCC3C=C2)c2cc(C(F)(F)F)cc(C(F)(F)F)c2)cc(C(F)(F)F)c1. The van der Waals surface area contributed by atoms with Gasteiger partial charge in [-0.2, -0.15) is 105 Å². The smallest absolute Gasteiger partial charge is 0.416 e. The van der Waals surface area contributed by atoms with Gasteiger partial charge in [0, 0.05) is 32.4 Å². The van der Waals surface area contributed by atoms with Crippen LogP contribution in [0, 0.1) is 11.8 Å². The molecule has 0 saturated heterocycles. The number of aryl methyl sites for hydroxylation is 1. The van der Waals surface area contributed by atoms with Crippen LogP contribution in [0.1, 0.15) is 99.7 Å². The van der Waals surface area contributed by atoms with Crippen molar-refractivity contribution in [2.45, 2.75) is 101 Å². The number of hydrogen-bond donors (Lipinski definition) is 0. The Balaban J connectivity index is 1.47. The Morgan fingerprint density at radius 1 is 0.362 bits per heavy atom. The summed E-state index contributed by atoms with van der Waals surface area (Å²) in [7, 11) is -7.63. The Labute approximate surface area is 439 Å². The van der Waals surface area contributed by atoms with Crippen molar-refractivity contribution in [1.29, 1.82) is 0 Å². The summed E-state index contributed by atoms with van der Waals surface area (Å²) in [6.07, 6.45) is -41.0. The molecule has 5 aromatic rings. The van der Waals surface area contributed by atoms with Crippen LogP contribution in [0.3, 0.4) is 0 Å². The van der Waals surface area contributed by atoms with Crippen molar-refractivity contribution >= 4 is 43.1 Å². The van der Waals surface area contributed by atoms with Gasteiger partial charge in [-0.1, -0.05) is 25.0 Å². The third-order valence-corrected chi connectivity index (χ3v) is 17.0. The molecule has 2 atom stereocenters. The fourth-order valence-electron chi connectivity index (χ4n) is 9.73. The van der Waals surface area contributed by atoms with Gasteiger partial charge in [-0.3, -0.25) is 0 Å². The molecular formula is C52H34F24O2P2. The van der Waals surface area contributed by atoms with Gasteiger partial charge in [0.05, 0.1) is 44.5 Å². The standard InChI is InChI=1S/C52H34F24O2P2/c53-45(54,55)27-13-28(46(56,57)58)18-35(17-27)79(36-19-29(47(59,60)61)14-30(20-36)48(62,63)64)77-41-11-9-25-5-1-3-7-39(25)43(41)44-40-8-4-2-6-26(40)10-12-42(44)78-80(37-21-31(49(65,66)67)15-32(22-37)50(68,69)70)38-23-33(51(71,72)73)16-34(24-38)52(74,75)76/h9-25,39H,1-8H2. The molecule has 1 fully saturated rings. The van der Waals surface area contributed by atoms with Crippen LogP contribution in [0.5, 0.6) is 5.75 Å². The molecule has 3 aliphatic carbocycles. The van der Waals surface area contributed by atoms with Crippen molar-refractivity contribution < 1.29 is 114 Å². The normalized spacial score (nSPS) is 18.0. The second kappa shape index (κ2) is 21.3. The maximum Gasteiger partial charge on any atom is 0.416 e. The van der Waals surface area contributed by atoms with Gasteiger partial charge >= 0.3 is 49.4 Å². The van der Waals surface area contributed by atoms with Crippen LogP contribution in [0.15, 0.2) is 103 Å². The maximum atomic E-state index is 14.5. The predicted octanol–water partition coefficient (Wildman–Crippen LogP) is 18.3. The topological polar surface area (TPSA) is 18.5 Å². The molecule has 0 radical (unpaired) electrons. The molecule has 8 rings (SSSR count). The first-order valence-electron chi connectivity index (χ1n) is 23.4. The summed E-state index contributed by atoms with van der Waals surface area (Å²) < 4.78 is 360. The molecule has 0 aliphatic heterocycles. The van der Waals surface area contributed by atoms with E-state index in [-0.39, 0.29) is 122 Å². The largest absolute Gasteiger partial charge is 0.464 e. The van der Waals surface area contributed by atoms with Gasteiger partial charge in [0.25, 0.3) is 0 Å². The van der Waals surface area contributed by atoms with E-state index < -0.39 is 155 Å². The Hall–Kier alpha value is -5.64. The minimum absolute atomic E-state index is 0.00260. The third-order valence-electron chi connectivity index (χ3n) is 13.3. The van der Waals surface area contributed by atoms with Gasteiger partial charge in [0.1, 0.15) is 11.5 Å². The molecule has 80 heavy (non-hydrogen) atoms. The lowest BCUT2D eigenvalue weighted by Gasteiger charge is -2.38. The molecule has 28 heteroatoms. The van der Waals surface area contributed by atoms with Crippen LogP contribution >= 0.6 is 16.3 Å². The highest BCUT2D eigenvalue weighted by Gasteiger charge is 2.45. The minimum Gasteiger partial charge on any atom is -0.464 e. The van der Waals surface area contributed by atoms with Gasteiger partial charge in [0.15, 0.2) is 16.3 Å². The van der Waals surface area contributed by atoms with E-state index in [9.17, 15) is 105 Å². The highest BCUT2D eigenvalue weighted by molar-refractivity contribution is 7.69. The lowest BCUT2D eigenvalue weighted by atomic mass is 9.69. The number of allylic oxidation sites excluding steroid dienone is 3. The molecule has 0 heterocycles. The lowest BCUT2D eigenvalue weighted by molar-refractivity contribution is -0.144. The average molecular weight is 1210 g/mol. The molecule has 0 N–H and O–H groups in total. The molecule has 1 saturated carbocycles. The first-order chi connectivity index (χ1) is 36.7. The Morgan fingerprint density at radius 3 is 1.04 bits per heavy atom. The van der Waals surface area contributed by atoms with Crippen molar-refractivity contribution in [3.05, 3.63) is 164 Å². The summed E-state index contributed by atoms with van der Waals surface area (Å²) in [4.78, 5) is 0. The molecule has 0 spiro atoms. The van der Waals surface area contributed by atoms with E-state index in [0.29, 0.717) is 24.8 Å². The van der Waals surface area contributed by atoms with E-state index in [1.54, 1.807) is 0 Å². The molecule has 0 amide bonds. The predicted molar refractivity (Wildman–Crippen MR) is 244 cm³/mol. The zero-order chi connectivity index (χ0) is 59.1. The van der Waals surface area contributed by atoms with Crippen LogP contribution in [0.4, 0.5) is 105 Å². The summed E-state index contributed by atoms with van der Waals surface area (Å²) >= 11 is 0. The van der Waals surface area contributed by atoms with Crippen LogP contribution < -0.4 is 25.7 Å². The van der Waals surface area contributed by atoms with Gasteiger partial charge in [-0.05, 0) is 146 Å². The van der Waals surface area contributed by atoms with E-state index >= 15 is 0 Å². The zero-order valence-corrected chi connectivity index (χ0v) is 41.6. The Bertz CT molecular complexity index is 2930. The number of benzene rings is 5. The van der Waals surface area contributed by atoms with Gasteiger partial charge < -0.3 is 9.05 Å². The molecule has 0 aromatic heterocycles. The molecule has 432 valence electrons. The van der Waals surface area contributed by atoms with E-state index in [2.05, 4.69) is 0 Å². The van der Waals surface area contributed by atoms with E-state index in [1.807, 2.05) is 0 Å². The summed E-state index contributed by atoms with van der Waals surface area (Å²) in [5, 5.41) is -5.04. The Kier molecular flexibility index (Phi) is 16.1. The van der Waals surface area contributed by atoms with Crippen molar-refractivity contribution in [2.75, 3.05) is 0 Å². The van der Waals surface area contributed by atoms with Crippen molar-refractivity contribution in [3.8, 4) is 5.75 Å². The second-order valence-corrected chi connectivity index (χ2v) is 22.4. The maximum absolute atomic E-state index is 14.5. The summed E-state index contributed by atoms with van der Waals surface area (Å²) in [6.45, 7) is 0. The third kappa shape index (κ3) is 13.3. The number of alkyl halides is 24. The van der Waals surface area contributed by atoms with Crippen molar-refractivity contribution in [2.24, 2.45) is 11.8 Å². The number of rotatable bonds is 9. The van der Waals surface area contributed by atoms with E-state index in [0.717, 1.165) is 12.1 Å². The molecular weight excluding hydrogens is 1170 g/mol. The first-order valence-corrected chi connectivity index (χ1v) is 25.9. The molecule has 2 unspecified atom stereocenters. The van der Waals surface area contributed by atoms with Crippen LogP contribution in [0.2, 0.25) is 0 Å². The minimum atomic E-state index is -5.67.